The molecule has 6 rings (SSSR count). The van der Waals surface area contributed by atoms with Gasteiger partial charge in [0.1, 0.15) is 24.5 Å². The van der Waals surface area contributed by atoms with Crippen LogP contribution in [0.25, 0.3) is 10.9 Å². The first-order valence-electron chi connectivity index (χ1n) is 22.5. The van der Waals surface area contributed by atoms with E-state index in [2.05, 4.69) is 26.6 Å². The molecule has 3 aliphatic rings. The molecule has 3 atom stereocenters. The number of pyridine rings is 1. The number of amides is 8. The summed E-state index contributed by atoms with van der Waals surface area (Å²) in [6, 6.07) is 4.20. The van der Waals surface area contributed by atoms with Gasteiger partial charge in [0.2, 0.25) is 23.2 Å². The van der Waals surface area contributed by atoms with Crippen molar-refractivity contribution >= 4 is 81.5 Å². The van der Waals surface area contributed by atoms with Crippen molar-refractivity contribution in [2.24, 2.45) is 11.7 Å². The smallest absolute Gasteiger partial charge is 0.554 e. The number of rotatable bonds is 22. The number of carbonyl (C=O) groups excluding carboxylic acids is 8. The molecular weight excluding hydrogens is 909 g/mol. The molecule has 0 radical (unpaired) electrons. The highest BCUT2D eigenvalue weighted by molar-refractivity contribution is 6.38. The first-order chi connectivity index (χ1) is 32.4. The number of alkyl carbamates (subject to hydrolysis) is 1. The van der Waals surface area contributed by atoms with Gasteiger partial charge in [0.05, 0.1) is 27.7 Å². The molecule has 2 aromatic carbocycles. The van der Waals surface area contributed by atoms with E-state index in [1.54, 1.807) is 47.6 Å². The Kier molecular flexibility index (Phi) is 16.8. The number of fused-ring (bicyclic) bond motifs is 1. The molecule has 1 saturated heterocycles. The topological polar surface area (TPSA) is 283 Å². The Bertz CT molecular complexity index is 2530. The van der Waals surface area contributed by atoms with Crippen molar-refractivity contribution in [3.8, 4) is 0 Å². The molecule has 9 N–H and O–H groups in total. The third-order valence-electron chi connectivity index (χ3n) is 11.8. The van der Waals surface area contributed by atoms with Crippen LogP contribution in [0.1, 0.15) is 93.6 Å². The average molecular weight is 965 g/mol. The van der Waals surface area contributed by atoms with Gasteiger partial charge in [0.15, 0.2) is 5.56 Å². The fraction of sp³-hybridized carbons (Fsp3) is 0.457. The Morgan fingerprint density at radius 3 is 2.29 bits per heavy atom. The molecule has 8 amide bonds. The quantitative estimate of drug-likeness (QED) is 0.0484. The van der Waals surface area contributed by atoms with Crippen LogP contribution >= 0.6 is 11.6 Å². The summed E-state index contributed by atoms with van der Waals surface area (Å²) < 4.78 is 22.8. The van der Waals surface area contributed by atoms with E-state index >= 15 is 4.39 Å². The third kappa shape index (κ3) is 12.9. The van der Waals surface area contributed by atoms with Crippen LogP contribution in [0.3, 0.4) is 0 Å². The molecule has 2 fully saturated rings. The Morgan fingerprint density at radius 2 is 1.65 bits per heavy atom. The maximum Gasteiger partial charge on any atom is 0.554 e. The molecule has 0 bridgehead atoms. The molecule has 364 valence electrons. The van der Waals surface area contributed by atoms with Crippen LogP contribution in [0.4, 0.5) is 25.4 Å². The van der Waals surface area contributed by atoms with Gasteiger partial charge in [-0.2, -0.15) is 0 Å². The van der Waals surface area contributed by atoms with Crippen LogP contribution in [-0.2, 0) is 35.3 Å². The van der Waals surface area contributed by atoms with Crippen molar-refractivity contribution in [2.45, 2.75) is 102 Å². The van der Waals surface area contributed by atoms with Crippen molar-refractivity contribution in [1.82, 2.24) is 30.7 Å². The van der Waals surface area contributed by atoms with E-state index in [0.717, 1.165) is 23.8 Å². The zero-order valence-corrected chi connectivity index (χ0v) is 38.4. The van der Waals surface area contributed by atoms with E-state index in [1.807, 2.05) is 0 Å². The molecule has 0 spiro atoms. The van der Waals surface area contributed by atoms with Gasteiger partial charge in [-0.1, -0.05) is 44.0 Å². The molecule has 22 heteroatoms. The summed E-state index contributed by atoms with van der Waals surface area (Å²) in [5.41, 5.74) is 5.36. The van der Waals surface area contributed by atoms with E-state index in [4.69, 9.17) is 27.2 Å². The Labute approximate surface area is 395 Å². The van der Waals surface area contributed by atoms with Crippen LogP contribution < -0.4 is 42.6 Å². The number of unbranched alkanes of at least 4 members (excludes halogenated alkanes) is 2. The first-order valence-corrected chi connectivity index (χ1v) is 22.9. The van der Waals surface area contributed by atoms with Gasteiger partial charge in [0, 0.05) is 67.5 Å². The van der Waals surface area contributed by atoms with Crippen molar-refractivity contribution in [3.05, 3.63) is 80.9 Å². The van der Waals surface area contributed by atoms with Crippen LogP contribution in [0.15, 0.2) is 53.5 Å². The van der Waals surface area contributed by atoms with E-state index in [-0.39, 0.29) is 102 Å². The number of urea groups is 1. The number of nitrogens with one attached hydrogen (secondary N) is 5. The molecule has 1 saturated carbocycles. The predicted molar refractivity (Wildman–Crippen MR) is 248 cm³/mol. The fourth-order valence-electron chi connectivity index (χ4n) is 8.09. The van der Waals surface area contributed by atoms with Crippen molar-refractivity contribution in [2.75, 3.05) is 36.4 Å². The number of hydrogen-bond donors (Lipinski definition) is 6. The van der Waals surface area contributed by atoms with E-state index in [0.29, 0.717) is 43.5 Å². The second-order valence-corrected chi connectivity index (χ2v) is 17.7. The molecule has 1 unspecified atom stereocenters. The highest BCUT2D eigenvalue weighted by Gasteiger charge is 2.34. The second kappa shape index (κ2) is 22.6. The van der Waals surface area contributed by atoms with Gasteiger partial charge in [-0.25, -0.2) is 14.0 Å². The lowest BCUT2D eigenvalue weighted by Crippen LogP contribution is -2.54. The van der Waals surface area contributed by atoms with Crippen LogP contribution in [0, 0.1) is 11.7 Å². The zero-order valence-electron chi connectivity index (χ0n) is 37.7. The molecular formula is C46H56ClFN9O11+. The number of ether oxygens (including phenoxy) is 1. The number of primary amides is 1. The van der Waals surface area contributed by atoms with E-state index < -0.39 is 59.3 Å². The van der Waals surface area contributed by atoms with Crippen LogP contribution in [-0.4, -0.2) is 107 Å². The second-order valence-electron chi connectivity index (χ2n) is 17.4. The SMILES string of the molecule is CC(C)[C@H](NC(=O)CCCCCN1C(=O)C=CC1=O)C(=O)N[C@@H](CCCNC(N)=O)C(=O)Nc1ccc(COC(=O)NC2CCN(c3c(F)cc4c(=O)c(C(=O)[OH2+])cn(C5CC5)c4c3Cl)C2)cc1. The summed E-state index contributed by atoms with van der Waals surface area (Å²) in [5, 5.41) is 20.9. The number of benzene rings is 2. The van der Waals surface area contributed by atoms with Crippen LogP contribution in [0.5, 0.6) is 0 Å². The van der Waals surface area contributed by atoms with Gasteiger partial charge >= 0.3 is 18.1 Å². The number of carbonyl (C=O) groups is 8. The predicted octanol–water partition coefficient (Wildman–Crippen LogP) is 3.00. The highest BCUT2D eigenvalue weighted by atomic mass is 35.5. The molecule has 1 aromatic heterocycles. The summed E-state index contributed by atoms with van der Waals surface area (Å²) in [4.78, 5) is 115. The lowest BCUT2D eigenvalue weighted by molar-refractivity contribution is -0.137. The van der Waals surface area contributed by atoms with Crippen LogP contribution in [0.2, 0.25) is 5.02 Å². The van der Waals surface area contributed by atoms with Gasteiger partial charge in [-0.15, -0.1) is 0 Å². The Hall–Kier alpha value is -7.03. The van der Waals surface area contributed by atoms with Gasteiger partial charge in [-0.3, -0.25) is 33.7 Å². The normalized spacial score (nSPS) is 16.5. The minimum absolute atomic E-state index is 0.00243. The molecule has 1 aliphatic carbocycles. The first kappa shape index (κ1) is 50.4. The summed E-state index contributed by atoms with van der Waals surface area (Å²) in [5.74, 6) is -4.55. The van der Waals surface area contributed by atoms with Gasteiger partial charge in [0.25, 0.3) is 11.8 Å². The molecule has 2 aliphatic heterocycles. The van der Waals surface area contributed by atoms with Crippen molar-refractivity contribution in [3.63, 3.8) is 0 Å². The number of hydrogen-bond acceptors (Lipinski definition) is 11. The summed E-state index contributed by atoms with van der Waals surface area (Å²) >= 11 is 6.79. The van der Waals surface area contributed by atoms with Crippen molar-refractivity contribution < 1.29 is 52.6 Å². The summed E-state index contributed by atoms with van der Waals surface area (Å²) in [6.45, 7) is 4.27. The van der Waals surface area contributed by atoms with Gasteiger partial charge < -0.3 is 51.6 Å². The maximum absolute atomic E-state index is 15.7. The lowest BCUT2D eigenvalue weighted by Gasteiger charge is -2.25. The van der Waals surface area contributed by atoms with Gasteiger partial charge in [-0.05, 0) is 74.6 Å². The fourth-order valence-corrected chi connectivity index (χ4v) is 8.50. The van der Waals surface area contributed by atoms with E-state index in [9.17, 15) is 43.2 Å². The minimum Gasteiger partial charge on any atom is -0.561 e. The van der Waals surface area contributed by atoms with Crippen molar-refractivity contribution in [1.29, 1.82) is 0 Å². The monoisotopic (exact) mass is 964 g/mol. The summed E-state index contributed by atoms with van der Waals surface area (Å²) in [7, 11) is 0. The largest absolute Gasteiger partial charge is 0.561 e. The molecule has 68 heavy (non-hydrogen) atoms. The molecule has 3 heterocycles. The maximum atomic E-state index is 15.7. The molecule has 20 nitrogen and oxygen atoms in total. The lowest BCUT2D eigenvalue weighted by atomic mass is 10.0. The number of aromatic nitrogens is 1. The summed E-state index contributed by atoms with van der Waals surface area (Å²) in [6.07, 6.45) is 7.04. The molecule has 3 aromatic rings. The Balaban J connectivity index is 0.987. The third-order valence-corrected chi connectivity index (χ3v) is 12.2. The minimum atomic E-state index is -1.16. The Morgan fingerprint density at radius 1 is 0.941 bits per heavy atom. The standard InChI is InChI=1S/C46H55ClFN9O11/c1-25(2)38(54-34(58)8-4-3-5-19-56-35(59)15-16-36(56)60)43(63)53-33(7-6-18-50-45(49)66)42(62)51-27-11-9-26(10-12-27)24-68-46(67)52-28-17-20-55(22-28)40-32(48)21-30-39(37(40)47)57(29-13-14-29)23-31(41(30)61)44(64)65/h9-12,15-16,21,23,25,28-29,33,38H,3-8,13-14,17-20,22,24H2,1-2H3,(H,51,62)(H,52,67)(H,53,63)(H,54,58)(H,64,65)(H3,49,50,66)/p+1/t28?,33-,38-/m0/s1. The van der Waals surface area contributed by atoms with E-state index in [1.165, 1.54) is 18.3 Å². The number of halogens is 2. The number of anilines is 2. The number of imide groups is 1. The highest BCUT2D eigenvalue weighted by Crippen LogP contribution is 2.42. The number of nitrogens with two attached hydrogens (primary N) is 1. The average Bonchev–Trinajstić information content (AvgIpc) is 3.96. The number of nitrogens with zero attached hydrogens (tertiary/aromatic N) is 3. The zero-order chi connectivity index (χ0) is 49.2.